The highest BCUT2D eigenvalue weighted by Crippen LogP contribution is 2.38. The van der Waals surface area contributed by atoms with Crippen molar-refractivity contribution in [2.75, 3.05) is 5.32 Å². The van der Waals surface area contributed by atoms with E-state index in [9.17, 15) is 0 Å². The van der Waals surface area contributed by atoms with Gasteiger partial charge in [0, 0.05) is 16.0 Å². The maximum atomic E-state index is 4.49. The number of aryl methyl sites for hydroxylation is 3. The summed E-state index contributed by atoms with van der Waals surface area (Å²) >= 11 is 3.61. The lowest BCUT2D eigenvalue weighted by molar-refractivity contribution is 0.700. The summed E-state index contributed by atoms with van der Waals surface area (Å²) in [5.74, 6) is 0.970. The quantitative estimate of drug-likeness (QED) is 0.779. The van der Waals surface area contributed by atoms with E-state index in [1.165, 1.54) is 40.0 Å². The van der Waals surface area contributed by atoms with Crippen LogP contribution in [0.3, 0.4) is 0 Å². The maximum Gasteiger partial charge on any atom is 0.138 e. The predicted octanol–water partition coefficient (Wildman–Crippen LogP) is 4.20. The molecule has 3 aromatic rings. The Labute approximate surface area is 137 Å². The molecule has 0 atom stereocenters. The number of hydrogen-bond acceptors (Lipinski definition) is 6. The van der Waals surface area contributed by atoms with Crippen molar-refractivity contribution in [3.8, 4) is 0 Å². The summed E-state index contributed by atoms with van der Waals surface area (Å²) in [5, 5.41) is 5.84. The third-order valence-electron chi connectivity index (χ3n) is 4.11. The van der Waals surface area contributed by atoms with Crippen molar-refractivity contribution in [1.29, 1.82) is 0 Å². The molecule has 114 valence electrons. The van der Waals surface area contributed by atoms with Gasteiger partial charge in [0.1, 0.15) is 22.0 Å². The highest BCUT2D eigenvalue weighted by Gasteiger charge is 2.19. The summed E-state index contributed by atoms with van der Waals surface area (Å²) in [6, 6.07) is 0. The van der Waals surface area contributed by atoms with Gasteiger partial charge in [0.15, 0.2) is 0 Å². The van der Waals surface area contributed by atoms with Crippen molar-refractivity contribution in [2.24, 2.45) is 0 Å². The Hall–Kier alpha value is -1.53. The van der Waals surface area contributed by atoms with E-state index in [4.69, 9.17) is 0 Å². The highest BCUT2D eigenvalue weighted by molar-refractivity contribution is 7.19. The summed E-state index contributed by atoms with van der Waals surface area (Å²) in [7, 11) is 0. The Kier molecular flexibility index (Phi) is 3.80. The molecule has 6 heteroatoms. The van der Waals surface area contributed by atoms with Gasteiger partial charge in [0.05, 0.1) is 11.9 Å². The molecule has 0 amide bonds. The second kappa shape index (κ2) is 5.93. The predicted molar refractivity (Wildman–Crippen MR) is 92.9 cm³/mol. The van der Waals surface area contributed by atoms with Crippen LogP contribution in [0.15, 0.2) is 12.5 Å². The number of fused-ring (bicyclic) bond motifs is 3. The number of aromatic nitrogens is 3. The van der Waals surface area contributed by atoms with Crippen LogP contribution in [0.2, 0.25) is 0 Å². The molecule has 0 unspecified atom stereocenters. The number of nitrogens with zero attached hydrogens (tertiary/aromatic N) is 3. The van der Waals surface area contributed by atoms with E-state index >= 15 is 0 Å². The molecule has 4 rings (SSSR count). The SMILES string of the molecule is CCc1cnc(CNc2ncnc3sc4c(c23)CCCC4)s1. The van der Waals surface area contributed by atoms with Gasteiger partial charge in [0.25, 0.3) is 0 Å². The van der Waals surface area contributed by atoms with Crippen LogP contribution in [0.25, 0.3) is 10.2 Å². The molecule has 1 aliphatic carbocycles. The molecule has 0 fully saturated rings. The summed E-state index contributed by atoms with van der Waals surface area (Å²) in [6.45, 7) is 2.90. The Balaban J connectivity index is 1.64. The molecule has 0 saturated heterocycles. The fourth-order valence-corrected chi connectivity index (χ4v) is 5.01. The average molecular weight is 330 g/mol. The third kappa shape index (κ3) is 2.50. The van der Waals surface area contributed by atoms with Crippen LogP contribution in [0.4, 0.5) is 5.82 Å². The van der Waals surface area contributed by atoms with E-state index in [-0.39, 0.29) is 0 Å². The molecule has 0 aliphatic heterocycles. The van der Waals surface area contributed by atoms with Crippen molar-refractivity contribution in [3.63, 3.8) is 0 Å². The van der Waals surface area contributed by atoms with Crippen LogP contribution in [0.1, 0.15) is 40.1 Å². The summed E-state index contributed by atoms with van der Waals surface area (Å²) in [5.41, 5.74) is 1.47. The molecule has 3 heterocycles. The first-order chi connectivity index (χ1) is 10.8. The minimum absolute atomic E-state index is 0.738. The van der Waals surface area contributed by atoms with Crippen LogP contribution >= 0.6 is 22.7 Å². The normalized spacial score (nSPS) is 14.2. The number of hydrogen-bond donors (Lipinski definition) is 1. The molecule has 0 radical (unpaired) electrons. The average Bonchev–Trinajstić information content (AvgIpc) is 3.17. The fourth-order valence-electron chi connectivity index (χ4n) is 2.98. The largest absolute Gasteiger partial charge is 0.363 e. The monoisotopic (exact) mass is 330 g/mol. The number of thiazole rings is 1. The Bertz CT molecular complexity index is 806. The first kappa shape index (κ1) is 14.1. The van der Waals surface area contributed by atoms with Gasteiger partial charge in [-0.05, 0) is 37.7 Å². The van der Waals surface area contributed by atoms with Gasteiger partial charge in [-0.1, -0.05) is 6.92 Å². The topological polar surface area (TPSA) is 50.7 Å². The Morgan fingerprint density at radius 1 is 1.14 bits per heavy atom. The molecule has 1 N–H and O–H groups in total. The lowest BCUT2D eigenvalue weighted by atomic mass is 9.97. The lowest BCUT2D eigenvalue weighted by Gasteiger charge is -2.12. The molecular weight excluding hydrogens is 312 g/mol. The second-order valence-electron chi connectivity index (χ2n) is 5.54. The minimum atomic E-state index is 0.738. The number of nitrogens with one attached hydrogen (secondary N) is 1. The second-order valence-corrected chi connectivity index (χ2v) is 7.82. The first-order valence-corrected chi connectivity index (χ1v) is 9.41. The molecule has 4 nitrogen and oxygen atoms in total. The van der Waals surface area contributed by atoms with Gasteiger partial charge in [0.2, 0.25) is 0 Å². The zero-order chi connectivity index (χ0) is 14.9. The van der Waals surface area contributed by atoms with E-state index in [1.807, 2.05) is 17.5 Å². The van der Waals surface area contributed by atoms with Crippen LogP contribution in [-0.4, -0.2) is 15.0 Å². The first-order valence-electron chi connectivity index (χ1n) is 7.78. The van der Waals surface area contributed by atoms with Gasteiger partial charge >= 0.3 is 0 Å². The Morgan fingerprint density at radius 3 is 2.91 bits per heavy atom. The molecule has 0 spiro atoms. The summed E-state index contributed by atoms with van der Waals surface area (Å²) < 4.78 is 0. The van der Waals surface area contributed by atoms with E-state index in [0.29, 0.717) is 0 Å². The number of thiophene rings is 1. The lowest BCUT2D eigenvalue weighted by Crippen LogP contribution is -2.04. The smallest absolute Gasteiger partial charge is 0.138 e. The van der Waals surface area contributed by atoms with Crippen LogP contribution in [0, 0.1) is 0 Å². The fraction of sp³-hybridized carbons (Fsp3) is 0.438. The van der Waals surface area contributed by atoms with E-state index in [0.717, 1.165) is 35.0 Å². The van der Waals surface area contributed by atoms with Gasteiger partial charge in [-0.15, -0.1) is 22.7 Å². The zero-order valence-electron chi connectivity index (χ0n) is 12.6. The standard InChI is InChI=1S/C16H18N4S2/c1-2-10-7-17-13(21-10)8-18-15-14-11-5-3-4-6-12(11)22-16(14)20-9-19-15/h7,9H,2-6,8H2,1H3,(H,18,19,20). The number of rotatable bonds is 4. The molecular formula is C16H18N4S2. The van der Waals surface area contributed by atoms with Gasteiger partial charge < -0.3 is 5.32 Å². The maximum absolute atomic E-state index is 4.49. The van der Waals surface area contributed by atoms with Crippen molar-refractivity contribution < 1.29 is 0 Å². The van der Waals surface area contributed by atoms with Crippen molar-refractivity contribution in [1.82, 2.24) is 15.0 Å². The number of anilines is 1. The zero-order valence-corrected chi connectivity index (χ0v) is 14.2. The third-order valence-corrected chi connectivity index (χ3v) is 6.45. The van der Waals surface area contributed by atoms with E-state index in [1.54, 1.807) is 17.7 Å². The van der Waals surface area contributed by atoms with Gasteiger partial charge in [-0.3, -0.25) is 0 Å². The molecule has 1 aliphatic rings. The molecule has 0 bridgehead atoms. The molecule has 3 aromatic heterocycles. The summed E-state index contributed by atoms with van der Waals surface area (Å²) in [4.78, 5) is 17.4. The van der Waals surface area contributed by atoms with E-state index in [2.05, 4.69) is 27.2 Å². The van der Waals surface area contributed by atoms with Crippen molar-refractivity contribution >= 4 is 38.7 Å². The molecule has 0 saturated carbocycles. The van der Waals surface area contributed by atoms with Crippen LogP contribution in [0.5, 0.6) is 0 Å². The van der Waals surface area contributed by atoms with Crippen LogP contribution in [-0.2, 0) is 25.8 Å². The molecule has 22 heavy (non-hydrogen) atoms. The highest BCUT2D eigenvalue weighted by atomic mass is 32.1. The van der Waals surface area contributed by atoms with Crippen molar-refractivity contribution in [3.05, 3.63) is 32.8 Å². The van der Waals surface area contributed by atoms with Gasteiger partial charge in [-0.25, -0.2) is 15.0 Å². The van der Waals surface area contributed by atoms with Crippen LogP contribution < -0.4 is 5.32 Å². The minimum Gasteiger partial charge on any atom is -0.363 e. The van der Waals surface area contributed by atoms with Gasteiger partial charge in [-0.2, -0.15) is 0 Å². The van der Waals surface area contributed by atoms with E-state index < -0.39 is 0 Å². The molecule has 0 aromatic carbocycles. The van der Waals surface area contributed by atoms with Crippen molar-refractivity contribution in [2.45, 2.75) is 45.6 Å². The summed E-state index contributed by atoms with van der Waals surface area (Å²) in [6.07, 6.45) is 9.63. The Morgan fingerprint density at radius 2 is 2.05 bits per heavy atom.